The molecular formula is C18H18N2O2. The second-order valence-corrected chi connectivity index (χ2v) is 5.08. The number of carbonyl (C=O) groups is 1. The molecule has 22 heavy (non-hydrogen) atoms. The lowest BCUT2D eigenvalue weighted by molar-refractivity contribution is -0.137. The maximum atomic E-state index is 12.3. The second-order valence-electron chi connectivity index (χ2n) is 5.08. The number of benzene rings is 2. The fourth-order valence-electron chi connectivity index (χ4n) is 2.11. The fourth-order valence-corrected chi connectivity index (χ4v) is 2.11. The number of nitriles is 1. The van der Waals surface area contributed by atoms with Crippen LogP contribution in [0.15, 0.2) is 54.6 Å². The summed E-state index contributed by atoms with van der Waals surface area (Å²) in [6.07, 6.45) is -0.582. The van der Waals surface area contributed by atoms with Crippen molar-refractivity contribution in [2.75, 3.05) is 7.05 Å². The van der Waals surface area contributed by atoms with E-state index in [1.807, 2.05) is 36.4 Å². The fraction of sp³-hybridized carbons (Fsp3) is 0.222. The number of amides is 1. The quantitative estimate of drug-likeness (QED) is 0.852. The average molecular weight is 294 g/mol. The molecule has 112 valence electrons. The smallest absolute Gasteiger partial charge is 0.263 e. The molecule has 1 amide bonds. The van der Waals surface area contributed by atoms with Gasteiger partial charge in [-0.05, 0) is 36.8 Å². The van der Waals surface area contributed by atoms with Crippen molar-refractivity contribution in [2.24, 2.45) is 0 Å². The molecule has 0 heterocycles. The van der Waals surface area contributed by atoms with E-state index in [1.54, 1.807) is 43.1 Å². The van der Waals surface area contributed by atoms with E-state index in [2.05, 4.69) is 0 Å². The van der Waals surface area contributed by atoms with E-state index in [9.17, 15) is 4.79 Å². The van der Waals surface area contributed by atoms with E-state index in [-0.39, 0.29) is 5.91 Å². The van der Waals surface area contributed by atoms with Crippen LogP contribution in [0.25, 0.3) is 0 Å². The van der Waals surface area contributed by atoms with Crippen molar-refractivity contribution in [3.8, 4) is 11.8 Å². The number of ether oxygens (including phenoxy) is 1. The maximum absolute atomic E-state index is 12.3. The number of rotatable bonds is 5. The van der Waals surface area contributed by atoms with Gasteiger partial charge in [0.2, 0.25) is 0 Å². The molecule has 4 heteroatoms. The predicted octanol–water partition coefficient (Wildman–Crippen LogP) is 2.98. The molecule has 0 radical (unpaired) electrons. The van der Waals surface area contributed by atoms with Gasteiger partial charge in [-0.1, -0.05) is 30.3 Å². The minimum absolute atomic E-state index is 0.0896. The van der Waals surface area contributed by atoms with Gasteiger partial charge in [-0.15, -0.1) is 0 Å². The van der Waals surface area contributed by atoms with Gasteiger partial charge in [0.15, 0.2) is 6.10 Å². The summed E-state index contributed by atoms with van der Waals surface area (Å²) in [5, 5.41) is 8.76. The zero-order valence-corrected chi connectivity index (χ0v) is 12.7. The van der Waals surface area contributed by atoms with Gasteiger partial charge in [-0.3, -0.25) is 4.79 Å². The third kappa shape index (κ3) is 4.10. The first-order chi connectivity index (χ1) is 10.6. The molecule has 0 aliphatic carbocycles. The van der Waals surface area contributed by atoms with Gasteiger partial charge in [0.05, 0.1) is 11.6 Å². The largest absolute Gasteiger partial charge is 0.481 e. The molecule has 0 unspecified atom stereocenters. The lowest BCUT2D eigenvalue weighted by atomic mass is 10.2. The summed E-state index contributed by atoms with van der Waals surface area (Å²) in [4.78, 5) is 14.0. The summed E-state index contributed by atoms with van der Waals surface area (Å²) < 4.78 is 5.63. The highest BCUT2D eigenvalue weighted by Crippen LogP contribution is 2.14. The van der Waals surface area contributed by atoms with Gasteiger partial charge < -0.3 is 9.64 Å². The maximum Gasteiger partial charge on any atom is 0.263 e. The number of likely N-dealkylation sites (N-methyl/N-ethyl adjacent to an activating group) is 1. The highest BCUT2D eigenvalue weighted by Gasteiger charge is 2.19. The van der Waals surface area contributed by atoms with Crippen molar-refractivity contribution in [3.05, 3.63) is 65.7 Å². The van der Waals surface area contributed by atoms with E-state index >= 15 is 0 Å². The molecule has 0 bridgehead atoms. The number of carbonyl (C=O) groups excluding carboxylic acids is 1. The molecule has 0 saturated carbocycles. The second kappa shape index (κ2) is 7.28. The van der Waals surface area contributed by atoms with Crippen molar-refractivity contribution < 1.29 is 9.53 Å². The zero-order valence-electron chi connectivity index (χ0n) is 12.7. The van der Waals surface area contributed by atoms with Gasteiger partial charge in [0, 0.05) is 13.6 Å². The Morgan fingerprint density at radius 3 is 2.41 bits per heavy atom. The molecule has 0 aliphatic rings. The van der Waals surface area contributed by atoms with Crippen LogP contribution in [0.4, 0.5) is 0 Å². The Hall–Kier alpha value is -2.80. The molecule has 2 aromatic rings. The Bertz CT molecular complexity index is 660. The third-order valence-corrected chi connectivity index (χ3v) is 3.28. The molecule has 0 N–H and O–H groups in total. The van der Waals surface area contributed by atoms with E-state index in [0.29, 0.717) is 17.9 Å². The molecule has 0 fully saturated rings. The standard InChI is InChI=1S/C18H18N2O2/c1-14(22-17-10-8-15(12-19)9-11-17)18(21)20(2)13-16-6-4-3-5-7-16/h3-11,14H,13H2,1-2H3/t14-/m1/s1. The van der Waals surface area contributed by atoms with E-state index in [1.165, 1.54) is 0 Å². The highest BCUT2D eigenvalue weighted by atomic mass is 16.5. The van der Waals surface area contributed by atoms with E-state index < -0.39 is 6.10 Å². The molecule has 2 aromatic carbocycles. The first-order valence-electron chi connectivity index (χ1n) is 7.06. The molecule has 0 spiro atoms. The number of hydrogen-bond acceptors (Lipinski definition) is 3. The molecular weight excluding hydrogens is 276 g/mol. The van der Waals surface area contributed by atoms with Gasteiger partial charge >= 0.3 is 0 Å². The van der Waals surface area contributed by atoms with Crippen LogP contribution in [0.2, 0.25) is 0 Å². The molecule has 0 saturated heterocycles. The van der Waals surface area contributed by atoms with Gasteiger partial charge in [0.1, 0.15) is 5.75 Å². The Morgan fingerprint density at radius 1 is 1.18 bits per heavy atom. The van der Waals surface area contributed by atoms with Crippen molar-refractivity contribution in [1.82, 2.24) is 4.90 Å². The monoisotopic (exact) mass is 294 g/mol. The van der Waals surface area contributed by atoms with Crippen molar-refractivity contribution in [2.45, 2.75) is 19.6 Å². The highest BCUT2D eigenvalue weighted by molar-refractivity contribution is 5.80. The lowest BCUT2D eigenvalue weighted by Crippen LogP contribution is -2.37. The number of nitrogens with zero attached hydrogens (tertiary/aromatic N) is 2. The zero-order chi connectivity index (χ0) is 15.9. The Morgan fingerprint density at radius 2 is 1.82 bits per heavy atom. The summed E-state index contributed by atoms with van der Waals surface area (Å²) in [5.41, 5.74) is 1.64. The van der Waals surface area contributed by atoms with Gasteiger partial charge in [-0.25, -0.2) is 0 Å². The summed E-state index contributed by atoms with van der Waals surface area (Å²) in [7, 11) is 1.76. The Kier molecular flexibility index (Phi) is 5.16. The normalized spacial score (nSPS) is 11.3. The van der Waals surface area contributed by atoms with Gasteiger partial charge in [0.25, 0.3) is 5.91 Å². The van der Waals surface area contributed by atoms with Crippen LogP contribution in [-0.2, 0) is 11.3 Å². The van der Waals surface area contributed by atoms with Crippen LogP contribution < -0.4 is 4.74 Å². The average Bonchev–Trinajstić information content (AvgIpc) is 2.55. The Balaban J connectivity index is 1.94. The van der Waals surface area contributed by atoms with Crippen LogP contribution in [0.5, 0.6) is 5.75 Å². The molecule has 1 atom stereocenters. The van der Waals surface area contributed by atoms with Crippen molar-refractivity contribution >= 4 is 5.91 Å². The molecule has 4 nitrogen and oxygen atoms in total. The SMILES string of the molecule is C[C@@H](Oc1ccc(C#N)cc1)C(=O)N(C)Cc1ccccc1. The lowest BCUT2D eigenvalue weighted by Gasteiger charge is -2.22. The minimum Gasteiger partial charge on any atom is -0.481 e. The van der Waals surface area contributed by atoms with Gasteiger partial charge in [-0.2, -0.15) is 5.26 Å². The van der Waals surface area contributed by atoms with Crippen LogP contribution in [0, 0.1) is 11.3 Å². The number of hydrogen-bond donors (Lipinski definition) is 0. The molecule has 2 rings (SSSR count). The van der Waals surface area contributed by atoms with Crippen molar-refractivity contribution in [3.63, 3.8) is 0 Å². The van der Waals surface area contributed by atoms with Crippen LogP contribution in [0.1, 0.15) is 18.1 Å². The van der Waals surface area contributed by atoms with Crippen molar-refractivity contribution in [1.29, 1.82) is 5.26 Å². The predicted molar refractivity (Wildman–Crippen MR) is 84.2 cm³/mol. The first kappa shape index (κ1) is 15.6. The van der Waals surface area contributed by atoms with Crippen LogP contribution in [-0.4, -0.2) is 24.0 Å². The first-order valence-corrected chi connectivity index (χ1v) is 7.06. The molecule has 0 aromatic heterocycles. The summed E-state index contributed by atoms with van der Waals surface area (Å²) in [5.74, 6) is 0.487. The van der Waals surface area contributed by atoms with Crippen LogP contribution >= 0.6 is 0 Å². The van der Waals surface area contributed by atoms with Crippen LogP contribution in [0.3, 0.4) is 0 Å². The minimum atomic E-state index is -0.582. The molecule has 0 aliphatic heterocycles. The third-order valence-electron chi connectivity index (χ3n) is 3.28. The Labute approximate surface area is 130 Å². The topological polar surface area (TPSA) is 53.3 Å². The summed E-state index contributed by atoms with van der Waals surface area (Å²) in [6.45, 7) is 2.27. The summed E-state index contributed by atoms with van der Waals surface area (Å²) >= 11 is 0. The van der Waals surface area contributed by atoms with E-state index in [4.69, 9.17) is 10.00 Å². The van der Waals surface area contributed by atoms with E-state index in [0.717, 1.165) is 5.56 Å². The summed E-state index contributed by atoms with van der Waals surface area (Å²) in [6, 6.07) is 18.6.